The SMILES string of the molecule is Cc1ccc(Nc2c(C(=O)N(C)C)c(N(C=O)c3cccc(N4CC(OCC(N)=O)C4)c3)c(C)c(=O)n2C)c(F)c1. The fourth-order valence-electron chi connectivity index (χ4n) is 4.68. The lowest BCUT2D eigenvalue weighted by molar-refractivity contribution is -0.125. The Bertz CT molecular complexity index is 1560. The molecule has 1 aliphatic rings. The van der Waals surface area contributed by atoms with E-state index >= 15 is 0 Å². The first kappa shape index (κ1) is 29.3. The van der Waals surface area contributed by atoms with Crippen LogP contribution >= 0.6 is 0 Å². The molecule has 0 spiro atoms. The molecular formula is C29H33FN6O5. The zero-order valence-electron chi connectivity index (χ0n) is 23.6. The molecule has 4 rings (SSSR count). The molecule has 2 aromatic carbocycles. The Morgan fingerprint density at radius 3 is 2.49 bits per heavy atom. The summed E-state index contributed by atoms with van der Waals surface area (Å²) in [6.45, 7) is 4.16. The van der Waals surface area contributed by atoms with Gasteiger partial charge < -0.3 is 25.6 Å². The largest absolute Gasteiger partial charge is 0.368 e. The molecule has 0 radical (unpaired) electrons. The van der Waals surface area contributed by atoms with E-state index in [-0.39, 0.29) is 41.0 Å². The molecule has 1 fully saturated rings. The Hall–Kier alpha value is -4.71. The second-order valence-electron chi connectivity index (χ2n) is 10.2. The van der Waals surface area contributed by atoms with Crippen LogP contribution < -0.4 is 26.4 Å². The molecule has 0 unspecified atom stereocenters. The number of carbonyl (C=O) groups excluding carboxylic acids is 3. The first-order valence-corrected chi connectivity index (χ1v) is 12.9. The number of nitrogens with one attached hydrogen (secondary N) is 1. The standard InChI is InChI=1S/C29H33FN6O5/c1-17-9-10-23(22(30)11-17)32-27-25(29(40)33(3)4)26(18(2)28(39)34(27)5)36(16-37)20-8-6-7-19(12-20)35-13-21(14-35)41-15-24(31)38/h6-12,16,21,32H,13-15H2,1-5H3,(H2,31,38). The van der Waals surface area contributed by atoms with E-state index in [0.717, 1.165) is 5.69 Å². The molecule has 1 aromatic heterocycles. The van der Waals surface area contributed by atoms with Crippen LogP contribution in [-0.4, -0.2) is 67.6 Å². The van der Waals surface area contributed by atoms with Crippen molar-refractivity contribution in [3.63, 3.8) is 0 Å². The summed E-state index contributed by atoms with van der Waals surface area (Å²) in [4.78, 5) is 55.3. The fourth-order valence-corrected chi connectivity index (χ4v) is 4.68. The molecule has 3 aromatic rings. The van der Waals surface area contributed by atoms with Gasteiger partial charge in [0.1, 0.15) is 23.8 Å². The lowest BCUT2D eigenvalue weighted by atomic mass is 10.0. The number of carbonyl (C=O) groups is 3. The van der Waals surface area contributed by atoms with Crippen molar-refractivity contribution in [2.24, 2.45) is 12.8 Å². The molecule has 1 aliphatic heterocycles. The van der Waals surface area contributed by atoms with Gasteiger partial charge in [-0.15, -0.1) is 0 Å². The number of hydrogen-bond acceptors (Lipinski definition) is 7. The van der Waals surface area contributed by atoms with Crippen LogP contribution in [0.5, 0.6) is 0 Å². The fraction of sp³-hybridized carbons (Fsp3) is 0.310. The first-order chi connectivity index (χ1) is 19.4. The molecule has 12 heteroatoms. The molecule has 0 atom stereocenters. The predicted octanol–water partition coefficient (Wildman–Crippen LogP) is 2.57. The number of hydrogen-bond donors (Lipinski definition) is 2. The summed E-state index contributed by atoms with van der Waals surface area (Å²) in [6.07, 6.45) is 0.381. The van der Waals surface area contributed by atoms with Crippen LogP contribution in [0.1, 0.15) is 21.5 Å². The second-order valence-corrected chi connectivity index (χ2v) is 10.2. The molecule has 3 amide bonds. The van der Waals surface area contributed by atoms with Crippen LogP contribution in [0.2, 0.25) is 0 Å². The van der Waals surface area contributed by atoms with Crippen molar-refractivity contribution < 1.29 is 23.5 Å². The van der Waals surface area contributed by atoms with Crippen molar-refractivity contribution in [3.05, 3.63) is 75.3 Å². The third kappa shape index (κ3) is 5.92. The highest BCUT2D eigenvalue weighted by molar-refractivity contribution is 6.08. The van der Waals surface area contributed by atoms with Gasteiger partial charge in [0, 0.05) is 45.5 Å². The maximum absolute atomic E-state index is 14.9. The van der Waals surface area contributed by atoms with E-state index in [1.807, 2.05) is 11.0 Å². The molecule has 1 saturated heterocycles. The highest BCUT2D eigenvalue weighted by atomic mass is 19.1. The molecular weight excluding hydrogens is 531 g/mol. The number of nitrogens with zero attached hydrogens (tertiary/aromatic N) is 4. The highest BCUT2D eigenvalue weighted by Gasteiger charge is 2.31. The van der Waals surface area contributed by atoms with Gasteiger partial charge in [-0.2, -0.15) is 0 Å². The number of nitrogens with two attached hydrogens (primary N) is 1. The van der Waals surface area contributed by atoms with E-state index in [1.165, 1.54) is 40.5 Å². The van der Waals surface area contributed by atoms with Crippen molar-refractivity contribution in [2.45, 2.75) is 20.0 Å². The zero-order valence-corrected chi connectivity index (χ0v) is 23.6. The van der Waals surface area contributed by atoms with E-state index in [0.29, 0.717) is 30.8 Å². The van der Waals surface area contributed by atoms with Crippen LogP contribution in [0.3, 0.4) is 0 Å². The van der Waals surface area contributed by atoms with E-state index in [1.54, 1.807) is 45.3 Å². The number of primary amides is 1. The minimum absolute atomic E-state index is 0.0240. The summed E-state index contributed by atoms with van der Waals surface area (Å²) in [5, 5.41) is 2.93. The van der Waals surface area contributed by atoms with Crippen LogP contribution in [0.4, 0.5) is 33.0 Å². The Kier molecular flexibility index (Phi) is 8.43. The van der Waals surface area contributed by atoms with Gasteiger partial charge in [-0.05, 0) is 49.7 Å². The molecule has 2 heterocycles. The van der Waals surface area contributed by atoms with Gasteiger partial charge in [-0.3, -0.25) is 28.6 Å². The van der Waals surface area contributed by atoms with Crippen molar-refractivity contribution in [3.8, 4) is 0 Å². The van der Waals surface area contributed by atoms with Crippen LogP contribution in [-0.2, 0) is 21.4 Å². The quantitative estimate of drug-likeness (QED) is 0.362. The van der Waals surface area contributed by atoms with Crippen molar-refractivity contribution in [1.82, 2.24) is 9.47 Å². The number of amides is 3. The normalized spacial score (nSPS) is 13.0. The van der Waals surface area contributed by atoms with Gasteiger partial charge in [0.25, 0.3) is 11.5 Å². The number of halogens is 1. The van der Waals surface area contributed by atoms with Gasteiger partial charge in [-0.25, -0.2) is 4.39 Å². The number of benzene rings is 2. The maximum atomic E-state index is 14.9. The number of pyridine rings is 1. The average molecular weight is 565 g/mol. The number of anilines is 5. The molecule has 216 valence electrons. The molecule has 0 bridgehead atoms. The predicted molar refractivity (Wildman–Crippen MR) is 155 cm³/mol. The monoisotopic (exact) mass is 564 g/mol. The molecule has 11 nitrogen and oxygen atoms in total. The van der Waals surface area contributed by atoms with Crippen LogP contribution in [0.25, 0.3) is 0 Å². The molecule has 41 heavy (non-hydrogen) atoms. The number of rotatable bonds is 10. The first-order valence-electron chi connectivity index (χ1n) is 12.9. The van der Waals surface area contributed by atoms with Crippen molar-refractivity contribution in [2.75, 3.05) is 48.9 Å². The van der Waals surface area contributed by atoms with Gasteiger partial charge in [0.05, 0.1) is 23.2 Å². The minimum atomic E-state index is -0.560. The number of aromatic nitrogens is 1. The third-order valence-electron chi connectivity index (χ3n) is 6.92. The number of ether oxygens (including phenoxy) is 1. The van der Waals surface area contributed by atoms with Crippen LogP contribution in [0.15, 0.2) is 47.3 Å². The Balaban J connectivity index is 1.81. The van der Waals surface area contributed by atoms with E-state index in [4.69, 9.17) is 10.5 Å². The maximum Gasteiger partial charge on any atom is 0.259 e. The summed E-state index contributed by atoms with van der Waals surface area (Å²) in [5.74, 6) is -1.56. The Labute approximate surface area is 236 Å². The van der Waals surface area contributed by atoms with Gasteiger partial charge in [0.15, 0.2) is 0 Å². The Morgan fingerprint density at radius 1 is 1.17 bits per heavy atom. The molecule has 0 saturated carbocycles. The van der Waals surface area contributed by atoms with Gasteiger partial charge in [0.2, 0.25) is 12.3 Å². The lowest BCUT2D eigenvalue weighted by Crippen LogP contribution is -2.53. The van der Waals surface area contributed by atoms with Gasteiger partial charge in [-0.1, -0.05) is 12.1 Å². The summed E-state index contributed by atoms with van der Waals surface area (Å²) in [7, 11) is 4.58. The smallest absolute Gasteiger partial charge is 0.259 e. The van der Waals surface area contributed by atoms with Crippen molar-refractivity contribution >= 4 is 46.8 Å². The average Bonchev–Trinajstić information content (AvgIpc) is 2.90. The summed E-state index contributed by atoms with van der Waals surface area (Å²) in [5.41, 5.74) is 6.91. The van der Waals surface area contributed by atoms with E-state index in [9.17, 15) is 23.6 Å². The van der Waals surface area contributed by atoms with Crippen LogP contribution in [0, 0.1) is 19.7 Å². The summed E-state index contributed by atoms with van der Waals surface area (Å²) >= 11 is 0. The van der Waals surface area contributed by atoms with E-state index < -0.39 is 23.2 Å². The molecule has 0 aliphatic carbocycles. The van der Waals surface area contributed by atoms with E-state index in [2.05, 4.69) is 5.32 Å². The minimum Gasteiger partial charge on any atom is -0.368 e. The topological polar surface area (TPSA) is 130 Å². The van der Waals surface area contributed by atoms with Gasteiger partial charge >= 0.3 is 0 Å². The third-order valence-corrected chi connectivity index (χ3v) is 6.92. The number of aryl methyl sites for hydroxylation is 1. The Morgan fingerprint density at radius 2 is 1.88 bits per heavy atom. The zero-order chi connectivity index (χ0) is 30.0. The highest BCUT2D eigenvalue weighted by Crippen LogP contribution is 2.37. The summed E-state index contributed by atoms with van der Waals surface area (Å²) in [6, 6.07) is 11.6. The second kappa shape index (κ2) is 11.8. The summed E-state index contributed by atoms with van der Waals surface area (Å²) < 4.78 is 21.5. The van der Waals surface area contributed by atoms with Crippen molar-refractivity contribution in [1.29, 1.82) is 0 Å². The molecule has 3 N–H and O–H groups in total. The lowest BCUT2D eigenvalue weighted by Gasteiger charge is -2.40.